The average Bonchev–Trinajstić information content (AvgIpc) is 2.42. The molecule has 2 aromatic carbocycles. The van der Waals surface area contributed by atoms with E-state index in [-0.39, 0.29) is 23.7 Å². The quantitative estimate of drug-likeness (QED) is 0.645. The maximum Gasteiger partial charge on any atom is 0.150 e. The lowest BCUT2D eigenvalue weighted by Gasteiger charge is -2.31. The fourth-order valence-corrected chi connectivity index (χ4v) is 2.55. The van der Waals surface area contributed by atoms with Crippen LogP contribution in [0.15, 0.2) is 30.3 Å². The highest BCUT2D eigenvalue weighted by molar-refractivity contribution is 5.51. The molecular weight excluding hydrogens is 272 g/mol. The molecular formula is C16H16O5. The normalized spacial score (nSPS) is 20.7. The van der Waals surface area contributed by atoms with Crippen molar-refractivity contribution in [3.63, 3.8) is 0 Å². The molecule has 1 aliphatic heterocycles. The standard InChI is InChI=1S/C16H16O5/c1-8-2-3-9(4-12(8)18)16-14(20)7-11-13(19)5-10(17)6-15(11)21-16/h2-6,14,16-20H,7H2,1H3/t14-,16-/m0/s1. The summed E-state index contributed by atoms with van der Waals surface area (Å²) in [5.41, 5.74) is 1.84. The Morgan fingerprint density at radius 1 is 1.05 bits per heavy atom. The van der Waals surface area contributed by atoms with Crippen LogP contribution in [0.3, 0.4) is 0 Å². The van der Waals surface area contributed by atoms with Gasteiger partial charge in [-0.2, -0.15) is 0 Å². The molecule has 0 radical (unpaired) electrons. The molecule has 21 heavy (non-hydrogen) atoms. The van der Waals surface area contributed by atoms with Gasteiger partial charge in [0.05, 0.1) is 6.10 Å². The van der Waals surface area contributed by atoms with Crippen LogP contribution in [0.4, 0.5) is 0 Å². The lowest BCUT2D eigenvalue weighted by Crippen LogP contribution is -2.30. The summed E-state index contributed by atoms with van der Waals surface area (Å²) in [7, 11) is 0. The Kier molecular flexibility index (Phi) is 3.14. The predicted molar refractivity (Wildman–Crippen MR) is 75.7 cm³/mol. The van der Waals surface area contributed by atoms with Crippen molar-refractivity contribution < 1.29 is 25.2 Å². The van der Waals surface area contributed by atoms with Crippen LogP contribution < -0.4 is 4.74 Å². The number of aromatic hydroxyl groups is 3. The molecule has 0 saturated carbocycles. The number of phenolic OH excluding ortho intramolecular Hbond substituents is 3. The Morgan fingerprint density at radius 2 is 1.81 bits per heavy atom. The van der Waals surface area contributed by atoms with E-state index in [4.69, 9.17) is 4.74 Å². The maximum atomic E-state index is 10.2. The lowest BCUT2D eigenvalue weighted by molar-refractivity contribution is 0.0197. The highest BCUT2D eigenvalue weighted by Crippen LogP contribution is 2.42. The second kappa shape index (κ2) is 4.86. The van der Waals surface area contributed by atoms with Crippen molar-refractivity contribution in [1.82, 2.24) is 0 Å². The minimum Gasteiger partial charge on any atom is -0.508 e. The molecule has 2 aromatic rings. The van der Waals surface area contributed by atoms with Crippen molar-refractivity contribution in [2.45, 2.75) is 25.6 Å². The first-order chi connectivity index (χ1) is 9.95. The number of rotatable bonds is 1. The van der Waals surface area contributed by atoms with Gasteiger partial charge in [-0.15, -0.1) is 0 Å². The Morgan fingerprint density at radius 3 is 2.52 bits per heavy atom. The highest BCUT2D eigenvalue weighted by Gasteiger charge is 2.32. The molecule has 5 nitrogen and oxygen atoms in total. The Balaban J connectivity index is 2.00. The molecule has 0 aliphatic carbocycles. The van der Waals surface area contributed by atoms with E-state index in [1.807, 2.05) is 0 Å². The summed E-state index contributed by atoms with van der Waals surface area (Å²) < 4.78 is 5.71. The first kappa shape index (κ1) is 13.6. The van der Waals surface area contributed by atoms with E-state index in [9.17, 15) is 20.4 Å². The van der Waals surface area contributed by atoms with Crippen molar-refractivity contribution in [3.8, 4) is 23.0 Å². The van der Waals surface area contributed by atoms with Crippen LogP contribution in [0.1, 0.15) is 22.8 Å². The van der Waals surface area contributed by atoms with Gasteiger partial charge in [0.25, 0.3) is 0 Å². The molecule has 1 heterocycles. The van der Waals surface area contributed by atoms with E-state index < -0.39 is 12.2 Å². The van der Waals surface area contributed by atoms with Gasteiger partial charge in [0.1, 0.15) is 29.1 Å². The Labute approximate surface area is 121 Å². The van der Waals surface area contributed by atoms with Crippen LogP contribution >= 0.6 is 0 Å². The van der Waals surface area contributed by atoms with E-state index in [0.717, 1.165) is 5.56 Å². The first-order valence-corrected chi connectivity index (χ1v) is 6.65. The monoisotopic (exact) mass is 288 g/mol. The zero-order valence-electron chi connectivity index (χ0n) is 11.4. The number of hydrogen-bond acceptors (Lipinski definition) is 5. The molecule has 0 bridgehead atoms. The van der Waals surface area contributed by atoms with E-state index in [1.165, 1.54) is 12.1 Å². The fourth-order valence-electron chi connectivity index (χ4n) is 2.55. The summed E-state index contributed by atoms with van der Waals surface area (Å²) >= 11 is 0. The van der Waals surface area contributed by atoms with Crippen molar-refractivity contribution in [3.05, 3.63) is 47.0 Å². The van der Waals surface area contributed by atoms with Crippen LogP contribution in [0.25, 0.3) is 0 Å². The molecule has 0 unspecified atom stereocenters. The van der Waals surface area contributed by atoms with Crippen molar-refractivity contribution in [2.24, 2.45) is 0 Å². The van der Waals surface area contributed by atoms with E-state index in [0.29, 0.717) is 16.9 Å². The van der Waals surface area contributed by atoms with Crippen LogP contribution in [-0.2, 0) is 6.42 Å². The molecule has 1 aliphatic rings. The zero-order valence-corrected chi connectivity index (χ0v) is 11.4. The molecule has 0 spiro atoms. The van der Waals surface area contributed by atoms with Crippen LogP contribution in [0, 0.1) is 6.92 Å². The Hall–Kier alpha value is -2.40. The van der Waals surface area contributed by atoms with Gasteiger partial charge in [0.15, 0.2) is 0 Å². The van der Waals surface area contributed by atoms with Gasteiger partial charge in [-0.1, -0.05) is 12.1 Å². The third kappa shape index (κ3) is 2.36. The van der Waals surface area contributed by atoms with Gasteiger partial charge < -0.3 is 25.2 Å². The molecule has 4 N–H and O–H groups in total. The largest absolute Gasteiger partial charge is 0.508 e. The molecule has 0 aromatic heterocycles. The molecule has 0 amide bonds. The molecule has 0 saturated heterocycles. The summed E-state index contributed by atoms with van der Waals surface area (Å²) in [5, 5.41) is 39.4. The maximum absolute atomic E-state index is 10.2. The zero-order chi connectivity index (χ0) is 15.1. The third-order valence-corrected chi connectivity index (χ3v) is 3.75. The second-order valence-electron chi connectivity index (χ2n) is 5.30. The first-order valence-electron chi connectivity index (χ1n) is 6.65. The number of phenols is 3. The van der Waals surface area contributed by atoms with Crippen molar-refractivity contribution >= 4 is 0 Å². The summed E-state index contributed by atoms with van der Waals surface area (Å²) in [6, 6.07) is 7.69. The van der Waals surface area contributed by atoms with Crippen LogP contribution in [0.2, 0.25) is 0 Å². The van der Waals surface area contributed by atoms with Gasteiger partial charge in [-0.25, -0.2) is 0 Å². The molecule has 5 heteroatoms. The van der Waals surface area contributed by atoms with Crippen molar-refractivity contribution in [1.29, 1.82) is 0 Å². The smallest absolute Gasteiger partial charge is 0.150 e. The third-order valence-electron chi connectivity index (χ3n) is 3.75. The number of aliphatic hydroxyl groups excluding tert-OH is 1. The van der Waals surface area contributed by atoms with Gasteiger partial charge in [-0.3, -0.25) is 0 Å². The summed E-state index contributed by atoms with van der Waals surface area (Å²) in [4.78, 5) is 0. The SMILES string of the molecule is Cc1ccc([C@@H]2Oc3cc(O)cc(O)c3C[C@@H]2O)cc1O. The number of aliphatic hydroxyl groups is 1. The van der Waals surface area contributed by atoms with Crippen LogP contribution in [-0.4, -0.2) is 26.5 Å². The molecule has 2 atom stereocenters. The summed E-state index contributed by atoms with van der Waals surface area (Å²) in [6.45, 7) is 1.78. The summed E-state index contributed by atoms with van der Waals surface area (Å²) in [6.07, 6.45) is -1.30. The highest BCUT2D eigenvalue weighted by atomic mass is 16.5. The average molecular weight is 288 g/mol. The predicted octanol–water partition coefficient (Wildman–Crippen LogP) is 2.15. The Bertz CT molecular complexity index is 695. The lowest BCUT2D eigenvalue weighted by atomic mass is 9.93. The number of fused-ring (bicyclic) bond motifs is 1. The van der Waals surface area contributed by atoms with Crippen molar-refractivity contribution in [2.75, 3.05) is 0 Å². The number of hydrogen-bond donors (Lipinski definition) is 4. The number of benzene rings is 2. The molecule has 110 valence electrons. The van der Waals surface area contributed by atoms with Gasteiger partial charge >= 0.3 is 0 Å². The topological polar surface area (TPSA) is 90.2 Å². The van der Waals surface area contributed by atoms with E-state index in [1.54, 1.807) is 25.1 Å². The summed E-state index contributed by atoms with van der Waals surface area (Å²) in [5.74, 6) is 0.262. The minimum absolute atomic E-state index is 0.103. The number of ether oxygens (including phenoxy) is 1. The second-order valence-corrected chi connectivity index (χ2v) is 5.30. The van der Waals surface area contributed by atoms with E-state index >= 15 is 0 Å². The van der Waals surface area contributed by atoms with Gasteiger partial charge in [0.2, 0.25) is 0 Å². The number of aryl methyl sites for hydroxylation is 1. The van der Waals surface area contributed by atoms with Gasteiger partial charge in [0, 0.05) is 24.1 Å². The molecule has 3 rings (SSSR count). The van der Waals surface area contributed by atoms with Gasteiger partial charge in [-0.05, 0) is 24.1 Å². The van der Waals surface area contributed by atoms with E-state index in [2.05, 4.69) is 0 Å². The molecule has 0 fully saturated rings. The minimum atomic E-state index is -0.852. The van der Waals surface area contributed by atoms with Crippen LogP contribution in [0.5, 0.6) is 23.0 Å². The fraction of sp³-hybridized carbons (Fsp3) is 0.250.